The molecule has 0 atom stereocenters. The second-order valence-corrected chi connectivity index (χ2v) is 22.7. The zero-order valence-electron chi connectivity index (χ0n) is 44.7. The number of para-hydroxylation sites is 2. The quantitative estimate of drug-likeness (QED) is 0.113. The third-order valence-corrected chi connectivity index (χ3v) is 18.4. The van der Waals surface area contributed by atoms with Gasteiger partial charge >= 0.3 is 0 Å². The van der Waals surface area contributed by atoms with Gasteiger partial charge in [-0.15, -0.1) is 11.3 Å². The van der Waals surface area contributed by atoms with Crippen molar-refractivity contribution in [1.29, 1.82) is 0 Å². The first-order valence-electron chi connectivity index (χ1n) is 28.0. The molecule has 82 heavy (non-hydrogen) atoms. The number of rotatable bonds is 7. The Morgan fingerprint density at radius 1 is 0.317 bits per heavy atom. The van der Waals surface area contributed by atoms with Crippen LogP contribution in [0.5, 0.6) is 0 Å². The van der Waals surface area contributed by atoms with Crippen LogP contribution in [-0.2, 0) is 0 Å². The number of aliphatic imine (C=N–C) groups is 2. The van der Waals surface area contributed by atoms with Crippen molar-refractivity contribution in [1.82, 2.24) is 9.13 Å². The molecule has 3 heterocycles. The lowest BCUT2D eigenvalue weighted by atomic mass is 9.90. The maximum atomic E-state index is 5.09. The van der Waals surface area contributed by atoms with Gasteiger partial charge in [0, 0.05) is 70.1 Å². The molecular weight excluding hydrogens is 1010 g/mol. The molecule has 0 unspecified atom stereocenters. The molecule has 0 saturated heterocycles. The monoisotopic (exact) mass is 1060 g/mol. The van der Waals surface area contributed by atoms with E-state index in [1.165, 1.54) is 96.2 Å². The summed E-state index contributed by atoms with van der Waals surface area (Å²) in [6, 6.07) is 94.1. The van der Waals surface area contributed by atoms with E-state index in [9.17, 15) is 0 Å². The Balaban J connectivity index is 0.782. The number of aromatic nitrogens is 2. The molecule has 14 aromatic carbocycles. The van der Waals surface area contributed by atoms with E-state index in [2.05, 4.69) is 271 Å². The second kappa shape index (κ2) is 18.0. The van der Waals surface area contributed by atoms with E-state index in [4.69, 9.17) is 9.98 Å². The summed E-state index contributed by atoms with van der Waals surface area (Å²) in [5, 5.41) is 19.4. The molecule has 17 rings (SSSR count). The largest absolute Gasteiger partial charge is 0.309 e. The van der Waals surface area contributed by atoms with Crippen molar-refractivity contribution >= 4 is 153 Å². The maximum Gasteiger partial charge on any atom is 0.0966 e. The van der Waals surface area contributed by atoms with Gasteiger partial charge in [0.15, 0.2) is 0 Å². The van der Waals surface area contributed by atoms with Crippen LogP contribution in [0.25, 0.3) is 162 Å². The number of benzene rings is 14. The highest BCUT2D eigenvalue weighted by atomic mass is 32.1. The Bertz CT molecular complexity index is 5600. The molecule has 0 radical (unpaired) electrons. The van der Waals surface area contributed by atoms with E-state index in [1.54, 1.807) is 0 Å². The Labute approximate surface area is 476 Å². The fourth-order valence-corrected chi connectivity index (χ4v) is 14.8. The van der Waals surface area contributed by atoms with E-state index in [1.807, 2.05) is 24.5 Å². The highest BCUT2D eigenvalue weighted by Gasteiger charge is 2.22. The maximum absolute atomic E-state index is 5.09. The minimum atomic E-state index is 0.774. The van der Waals surface area contributed by atoms with Crippen LogP contribution in [0, 0.1) is 0 Å². The molecule has 0 spiro atoms. The van der Waals surface area contributed by atoms with Crippen molar-refractivity contribution in [3.8, 4) is 44.8 Å². The third kappa shape index (κ3) is 6.84. The van der Waals surface area contributed by atoms with Gasteiger partial charge in [-0.1, -0.05) is 170 Å². The Hall–Kier alpha value is -10.5. The van der Waals surface area contributed by atoms with Gasteiger partial charge in [-0.25, -0.2) is 0 Å². The topological polar surface area (TPSA) is 34.6 Å². The molecule has 17 aromatic rings. The fraction of sp³-hybridized carbons (Fsp3) is 0.0130. The second-order valence-electron chi connectivity index (χ2n) is 21.6. The molecule has 5 heteroatoms. The van der Waals surface area contributed by atoms with Crippen LogP contribution < -0.4 is 0 Å². The number of hydrogen-bond donors (Lipinski definition) is 0. The molecule has 0 aliphatic heterocycles. The van der Waals surface area contributed by atoms with Gasteiger partial charge in [-0.3, -0.25) is 9.98 Å². The Morgan fingerprint density at radius 3 is 1.48 bits per heavy atom. The van der Waals surface area contributed by atoms with Crippen molar-refractivity contribution in [3.63, 3.8) is 0 Å². The minimum absolute atomic E-state index is 0.774. The Morgan fingerprint density at radius 2 is 0.780 bits per heavy atom. The van der Waals surface area contributed by atoms with Gasteiger partial charge < -0.3 is 9.13 Å². The van der Waals surface area contributed by atoms with Crippen LogP contribution >= 0.6 is 11.3 Å². The first-order valence-corrected chi connectivity index (χ1v) is 28.8. The van der Waals surface area contributed by atoms with Crippen molar-refractivity contribution in [2.45, 2.75) is 6.92 Å². The summed E-state index contributed by atoms with van der Waals surface area (Å²) < 4.78 is 7.50. The molecule has 0 saturated carbocycles. The van der Waals surface area contributed by atoms with Crippen molar-refractivity contribution in [2.24, 2.45) is 9.98 Å². The summed E-state index contributed by atoms with van der Waals surface area (Å²) in [6.45, 7) is 6.16. The summed E-state index contributed by atoms with van der Waals surface area (Å²) >= 11 is 1.86. The van der Waals surface area contributed by atoms with Gasteiger partial charge in [0.2, 0.25) is 0 Å². The average molecular weight is 1060 g/mol. The smallest absolute Gasteiger partial charge is 0.0966 e. The van der Waals surface area contributed by atoms with Gasteiger partial charge in [-0.05, 0) is 175 Å². The normalized spacial score (nSPS) is 12.2. The van der Waals surface area contributed by atoms with Gasteiger partial charge in [0.1, 0.15) is 0 Å². The lowest BCUT2D eigenvalue weighted by Crippen LogP contribution is -1.96. The van der Waals surface area contributed by atoms with Crippen LogP contribution in [0.2, 0.25) is 0 Å². The molecule has 4 nitrogen and oxygen atoms in total. The van der Waals surface area contributed by atoms with E-state index in [0.717, 1.165) is 77.6 Å². The average Bonchev–Trinajstić information content (AvgIpc) is 3.87. The highest BCUT2D eigenvalue weighted by molar-refractivity contribution is 7.25. The van der Waals surface area contributed by atoms with Crippen LogP contribution in [0.15, 0.2) is 265 Å². The number of nitrogens with zero attached hydrogens (tertiary/aromatic N) is 4. The summed E-state index contributed by atoms with van der Waals surface area (Å²) in [4.78, 5) is 9.88. The molecule has 0 aliphatic carbocycles. The van der Waals surface area contributed by atoms with Crippen LogP contribution in [0.1, 0.15) is 6.92 Å². The predicted octanol–water partition coefficient (Wildman–Crippen LogP) is 22.1. The molecule has 382 valence electrons. The number of fused-ring (bicyclic) bond motifs is 18. The molecule has 0 bridgehead atoms. The van der Waals surface area contributed by atoms with Crippen molar-refractivity contribution in [2.75, 3.05) is 0 Å². The predicted molar refractivity (Wildman–Crippen MR) is 355 cm³/mol. The zero-order chi connectivity index (χ0) is 54.2. The molecule has 0 fully saturated rings. The highest BCUT2D eigenvalue weighted by Crippen LogP contribution is 2.48. The van der Waals surface area contributed by atoms with E-state index in [-0.39, 0.29) is 0 Å². The molecular formula is C77H48N4S. The summed E-state index contributed by atoms with van der Waals surface area (Å²) in [6.07, 6.45) is 1.87. The molecule has 0 amide bonds. The van der Waals surface area contributed by atoms with Crippen LogP contribution in [0.4, 0.5) is 11.4 Å². The molecule has 0 aliphatic rings. The van der Waals surface area contributed by atoms with Crippen LogP contribution in [0.3, 0.4) is 0 Å². The lowest BCUT2D eigenvalue weighted by molar-refractivity contribution is 1.17. The summed E-state index contributed by atoms with van der Waals surface area (Å²) in [5.41, 5.74) is 15.4. The standard InChI is InChI=1S/C77H48N4S/c1-3-79-77-68-43-50(32-37-60(68)59-36-31-49(42-67(59)76(77)78-2)47-17-14-16-46(40-47)48-30-35-58-56-20-5-4-18-54(56)55-19-6-7-21-57(55)64(58)41-48)53-25-15-28-72-75(53)63-24-9-12-27-70(63)81(72)51-33-38-71-65(44-51)61-22-8-11-26-69(61)80(71)52-34-39-74-66(45-52)62-23-10-13-29-73(62)82-74/h3-45H,2H2,1H3. The lowest BCUT2D eigenvalue weighted by Gasteiger charge is -2.15. The van der Waals surface area contributed by atoms with E-state index < -0.39 is 0 Å². The number of hydrogen-bond acceptors (Lipinski definition) is 3. The van der Waals surface area contributed by atoms with Gasteiger partial charge in [0.25, 0.3) is 0 Å². The fourth-order valence-electron chi connectivity index (χ4n) is 13.7. The SMILES string of the molecule is C=Nc1c(N=CC)c2cc(-c3cccc4c3c3ccccc3n4-c3ccc4c(c3)c3ccccc3n4-c3ccc4sc5ccccc5c4c3)ccc2c2ccc(-c3cccc(-c4ccc5c6ccccc6c6ccccc6c5c4)c3)cc12. The van der Waals surface area contributed by atoms with Gasteiger partial charge in [0.05, 0.1) is 33.4 Å². The number of thiophene rings is 1. The van der Waals surface area contributed by atoms with Crippen molar-refractivity contribution < 1.29 is 0 Å². The van der Waals surface area contributed by atoms with E-state index in [0.29, 0.717) is 0 Å². The third-order valence-electron chi connectivity index (χ3n) is 17.3. The van der Waals surface area contributed by atoms with Gasteiger partial charge in [-0.2, -0.15) is 0 Å². The van der Waals surface area contributed by atoms with Crippen molar-refractivity contribution in [3.05, 3.63) is 255 Å². The summed E-state index contributed by atoms with van der Waals surface area (Å²) in [5.74, 6) is 0. The minimum Gasteiger partial charge on any atom is -0.309 e. The summed E-state index contributed by atoms with van der Waals surface area (Å²) in [7, 11) is 0. The molecule has 3 aromatic heterocycles. The first kappa shape index (κ1) is 46.5. The first-order chi connectivity index (χ1) is 40.6. The Kier molecular flexibility index (Phi) is 10.2. The van der Waals surface area contributed by atoms with E-state index >= 15 is 0 Å². The zero-order valence-corrected chi connectivity index (χ0v) is 45.5. The molecule has 0 N–H and O–H groups in total. The van der Waals surface area contributed by atoms with Crippen LogP contribution in [-0.4, -0.2) is 22.1 Å².